The number of fused-ring (bicyclic) bond motifs is 1. The Kier molecular flexibility index (Phi) is 7.95. The number of unbranched alkanes of at least 4 members (excludes halogenated alkanes) is 1. The predicted octanol–water partition coefficient (Wildman–Crippen LogP) is 4.33. The van der Waals surface area contributed by atoms with E-state index in [-0.39, 0.29) is 18.9 Å². The predicted molar refractivity (Wildman–Crippen MR) is 136 cm³/mol. The van der Waals surface area contributed by atoms with Crippen LogP contribution in [-0.4, -0.2) is 43.5 Å². The van der Waals surface area contributed by atoms with Crippen LogP contribution in [0.5, 0.6) is 0 Å². The standard InChI is InChI=1S/C28H28N2O6/c1-2-3-15-35-27(33)20-11-13-22(14-12-20)30-17-21(16-26(30)32)28(34)36-18-25(31)29-24-10-6-8-19-7-4-5-9-23(19)24/h4-14,21H,2-3,15-18H2,1H3,(H,29,31)/t21-/m0/s1. The van der Waals surface area contributed by atoms with Crippen LogP contribution in [0.15, 0.2) is 66.7 Å². The SMILES string of the molecule is CCCCOC(=O)c1ccc(N2C[C@@H](C(=O)OCC(=O)Nc3cccc4ccccc34)CC2=O)cc1. The molecule has 8 heteroatoms. The molecule has 2 amide bonds. The number of nitrogens with zero attached hydrogens (tertiary/aromatic N) is 1. The van der Waals surface area contributed by atoms with Crippen LogP contribution in [0.2, 0.25) is 0 Å². The fourth-order valence-corrected chi connectivity index (χ4v) is 4.06. The van der Waals surface area contributed by atoms with Gasteiger partial charge in [-0.3, -0.25) is 14.4 Å². The Bertz CT molecular complexity index is 1270. The molecule has 8 nitrogen and oxygen atoms in total. The Balaban J connectivity index is 1.29. The topological polar surface area (TPSA) is 102 Å². The summed E-state index contributed by atoms with van der Waals surface area (Å²) < 4.78 is 10.4. The molecule has 1 heterocycles. The van der Waals surface area contributed by atoms with Gasteiger partial charge < -0.3 is 19.7 Å². The van der Waals surface area contributed by atoms with E-state index in [2.05, 4.69) is 5.32 Å². The zero-order valence-corrected chi connectivity index (χ0v) is 20.1. The van der Waals surface area contributed by atoms with Gasteiger partial charge in [0.15, 0.2) is 6.61 Å². The highest BCUT2D eigenvalue weighted by molar-refractivity contribution is 6.03. The van der Waals surface area contributed by atoms with Gasteiger partial charge >= 0.3 is 11.9 Å². The van der Waals surface area contributed by atoms with Crippen LogP contribution in [0.4, 0.5) is 11.4 Å². The van der Waals surface area contributed by atoms with Crippen molar-refractivity contribution in [2.75, 3.05) is 30.0 Å². The lowest BCUT2D eigenvalue weighted by Gasteiger charge is -2.17. The number of rotatable bonds is 9. The zero-order chi connectivity index (χ0) is 25.5. The number of benzene rings is 3. The molecule has 4 rings (SSSR count). The van der Waals surface area contributed by atoms with Crippen LogP contribution in [0.3, 0.4) is 0 Å². The number of anilines is 2. The summed E-state index contributed by atoms with van der Waals surface area (Å²) in [4.78, 5) is 51.0. The second-order valence-electron chi connectivity index (χ2n) is 8.62. The maximum absolute atomic E-state index is 12.6. The van der Waals surface area contributed by atoms with Gasteiger partial charge in [-0.05, 0) is 42.1 Å². The van der Waals surface area contributed by atoms with Crippen LogP contribution in [0.25, 0.3) is 10.8 Å². The highest BCUT2D eigenvalue weighted by Gasteiger charge is 2.36. The molecule has 1 atom stereocenters. The van der Waals surface area contributed by atoms with E-state index in [0.29, 0.717) is 23.5 Å². The third kappa shape index (κ3) is 5.89. The summed E-state index contributed by atoms with van der Waals surface area (Å²) in [6.07, 6.45) is 1.72. The average Bonchev–Trinajstić information content (AvgIpc) is 3.29. The van der Waals surface area contributed by atoms with Crippen LogP contribution in [0.1, 0.15) is 36.5 Å². The molecular weight excluding hydrogens is 460 g/mol. The minimum atomic E-state index is -0.679. The number of ether oxygens (including phenoxy) is 2. The molecule has 0 saturated carbocycles. The quantitative estimate of drug-likeness (QED) is 0.355. The smallest absolute Gasteiger partial charge is 0.338 e. The highest BCUT2D eigenvalue weighted by atomic mass is 16.5. The van der Waals surface area contributed by atoms with Crippen LogP contribution in [0, 0.1) is 5.92 Å². The van der Waals surface area contributed by atoms with E-state index < -0.39 is 30.4 Å². The number of carbonyl (C=O) groups excluding carboxylic acids is 4. The van der Waals surface area contributed by atoms with E-state index >= 15 is 0 Å². The molecule has 0 bridgehead atoms. The monoisotopic (exact) mass is 488 g/mol. The molecule has 3 aromatic rings. The van der Waals surface area contributed by atoms with E-state index in [4.69, 9.17) is 9.47 Å². The van der Waals surface area contributed by atoms with Gasteiger partial charge in [0, 0.05) is 29.7 Å². The molecule has 1 aliphatic rings. The lowest BCUT2D eigenvalue weighted by Crippen LogP contribution is -2.28. The molecule has 0 aromatic heterocycles. The van der Waals surface area contributed by atoms with Gasteiger partial charge in [-0.2, -0.15) is 0 Å². The number of nitrogens with one attached hydrogen (secondary N) is 1. The number of carbonyl (C=O) groups is 4. The fourth-order valence-electron chi connectivity index (χ4n) is 4.06. The third-order valence-electron chi connectivity index (χ3n) is 6.01. The first-order chi connectivity index (χ1) is 17.5. The normalized spacial score (nSPS) is 15.1. The van der Waals surface area contributed by atoms with E-state index in [9.17, 15) is 19.2 Å². The van der Waals surface area contributed by atoms with Crippen LogP contribution in [-0.2, 0) is 23.9 Å². The second kappa shape index (κ2) is 11.5. The fraction of sp³-hybridized carbons (Fsp3) is 0.286. The second-order valence-corrected chi connectivity index (χ2v) is 8.62. The lowest BCUT2D eigenvalue weighted by molar-refractivity contribution is -0.151. The van der Waals surface area contributed by atoms with Crippen molar-refractivity contribution in [3.05, 3.63) is 72.3 Å². The highest BCUT2D eigenvalue weighted by Crippen LogP contribution is 2.27. The molecule has 1 fully saturated rings. The molecule has 3 aromatic carbocycles. The number of esters is 2. The molecule has 0 aliphatic carbocycles. The van der Waals surface area contributed by atoms with E-state index in [1.54, 1.807) is 30.3 Å². The van der Waals surface area contributed by atoms with Crippen molar-refractivity contribution in [3.8, 4) is 0 Å². The van der Waals surface area contributed by atoms with Gasteiger partial charge in [-0.1, -0.05) is 49.7 Å². The first kappa shape index (κ1) is 24.9. The Morgan fingerprint density at radius 2 is 1.72 bits per heavy atom. The number of amides is 2. The molecular formula is C28H28N2O6. The van der Waals surface area contributed by atoms with Crippen molar-refractivity contribution in [3.63, 3.8) is 0 Å². The van der Waals surface area contributed by atoms with Gasteiger partial charge in [0.05, 0.1) is 18.1 Å². The molecule has 1 aliphatic heterocycles. The lowest BCUT2D eigenvalue weighted by atomic mass is 10.1. The summed E-state index contributed by atoms with van der Waals surface area (Å²) in [5.41, 5.74) is 1.61. The van der Waals surface area contributed by atoms with Crippen LogP contribution >= 0.6 is 0 Å². The first-order valence-electron chi connectivity index (χ1n) is 12.0. The van der Waals surface area contributed by atoms with E-state index in [0.717, 1.165) is 23.6 Å². The van der Waals surface area contributed by atoms with Gasteiger partial charge in [0.25, 0.3) is 5.91 Å². The molecule has 186 valence electrons. The minimum Gasteiger partial charge on any atom is -0.462 e. The Morgan fingerprint density at radius 3 is 2.50 bits per heavy atom. The zero-order valence-electron chi connectivity index (χ0n) is 20.1. The molecule has 1 N–H and O–H groups in total. The molecule has 0 spiro atoms. The summed E-state index contributed by atoms with van der Waals surface area (Å²) in [5, 5.41) is 4.64. The largest absolute Gasteiger partial charge is 0.462 e. The van der Waals surface area contributed by atoms with E-state index in [1.165, 1.54) is 4.90 Å². The molecule has 36 heavy (non-hydrogen) atoms. The summed E-state index contributed by atoms with van der Waals surface area (Å²) in [6, 6.07) is 19.7. The number of hydrogen-bond donors (Lipinski definition) is 1. The van der Waals surface area contributed by atoms with Crippen molar-refractivity contribution in [1.82, 2.24) is 0 Å². The maximum Gasteiger partial charge on any atom is 0.338 e. The molecule has 1 saturated heterocycles. The molecule has 0 radical (unpaired) electrons. The van der Waals surface area contributed by atoms with Gasteiger partial charge in [-0.25, -0.2) is 4.79 Å². The van der Waals surface area contributed by atoms with Crippen molar-refractivity contribution < 1.29 is 28.7 Å². The van der Waals surface area contributed by atoms with Gasteiger partial charge in [0.2, 0.25) is 5.91 Å². The van der Waals surface area contributed by atoms with Gasteiger partial charge in [0.1, 0.15) is 0 Å². The minimum absolute atomic E-state index is 0.00934. The van der Waals surface area contributed by atoms with Crippen molar-refractivity contribution in [2.24, 2.45) is 5.92 Å². The first-order valence-corrected chi connectivity index (χ1v) is 12.0. The Morgan fingerprint density at radius 1 is 0.972 bits per heavy atom. The van der Waals surface area contributed by atoms with Crippen molar-refractivity contribution in [1.29, 1.82) is 0 Å². The summed E-state index contributed by atoms with van der Waals surface area (Å²) in [7, 11) is 0. The Hall–Kier alpha value is -4.20. The van der Waals surface area contributed by atoms with E-state index in [1.807, 2.05) is 43.3 Å². The third-order valence-corrected chi connectivity index (χ3v) is 6.01. The summed E-state index contributed by atoms with van der Waals surface area (Å²) in [6.45, 7) is 2.08. The summed E-state index contributed by atoms with van der Waals surface area (Å²) >= 11 is 0. The van der Waals surface area contributed by atoms with Crippen molar-refractivity contribution >= 4 is 45.9 Å². The number of hydrogen-bond acceptors (Lipinski definition) is 6. The maximum atomic E-state index is 12.6. The molecule has 0 unspecified atom stereocenters. The summed E-state index contributed by atoms with van der Waals surface area (Å²) in [5.74, 6) is -2.37. The Labute approximate surface area is 209 Å². The van der Waals surface area contributed by atoms with Crippen LogP contribution < -0.4 is 10.2 Å². The van der Waals surface area contributed by atoms with Gasteiger partial charge in [-0.15, -0.1) is 0 Å². The van der Waals surface area contributed by atoms with Crippen molar-refractivity contribution in [2.45, 2.75) is 26.2 Å². The average molecular weight is 489 g/mol.